The molecule has 0 fully saturated rings. The van der Waals surface area contributed by atoms with Crippen molar-refractivity contribution < 1.29 is 17.6 Å². The lowest BCUT2D eigenvalue weighted by Gasteiger charge is -2.22. The zero-order valence-electron chi connectivity index (χ0n) is 14.4. The monoisotopic (exact) mass is 403 g/mol. The Bertz CT molecular complexity index is 984. The first-order valence-electron chi connectivity index (χ1n) is 8.26. The molecule has 1 heterocycles. The van der Waals surface area contributed by atoms with Gasteiger partial charge in [0.2, 0.25) is 5.91 Å². The van der Waals surface area contributed by atoms with Gasteiger partial charge in [-0.05, 0) is 42.0 Å². The van der Waals surface area contributed by atoms with E-state index in [0.29, 0.717) is 10.8 Å². The Morgan fingerprint density at radius 3 is 2.26 bits per heavy atom. The fourth-order valence-electron chi connectivity index (χ4n) is 2.61. The third-order valence-electron chi connectivity index (χ3n) is 3.98. The molecular weight excluding hydrogens is 386 g/mol. The normalized spacial score (nSPS) is 11.3. The van der Waals surface area contributed by atoms with Crippen LogP contribution in [0.25, 0.3) is 0 Å². The van der Waals surface area contributed by atoms with Gasteiger partial charge >= 0.3 is 0 Å². The first kappa shape index (κ1) is 19.2. The van der Waals surface area contributed by atoms with Gasteiger partial charge in [0.1, 0.15) is 11.5 Å². The predicted molar refractivity (Wildman–Crippen MR) is 103 cm³/mol. The Labute approximate surface area is 163 Å². The Hall–Kier alpha value is -2.57. The van der Waals surface area contributed by atoms with Crippen molar-refractivity contribution in [2.24, 2.45) is 0 Å². The van der Waals surface area contributed by atoms with E-state index in [4.69, 9.17) is 16.0 Å². The zero-order valence-corrected chi connectivity index (χ0v) is 16.0. The Kier molecular flexibility index (Phi) is 5.98. The number of rotatable bonds is 7. The summed E-state index contributed by atoms with van der Waals surface area (Å²) in [6.45, 7) is 0.480. The highest BCUT2D eigenvalue weighted by Gasteiger charge is 2.24. The van der Waals surface area contributed by atoms with Crippen molar-refractivity contribution in [3.63, 3.8) is 0 Å². The van der Waals surface area contributed by atoms with Crippen molar-refractivity contribution in [3.05, 3.63) is 89.3 Å². The SMILES string of the molecule is O=C(CS(=O)(=O)c1ccc(Cl)cc1)N(Cc1ccccc1)Cc1ccco1. The number of sulfone groups is 1. The van der Waals surface area contributed by atoms with Crippen LogP contribution in [0.1, 0.15) is 11.3 Å². The standard InChI is InChI=1S/C20H18ClNO4S/c21-17-8-10-19(11-9-17)27(24,25)15-20(23)22(14-18-7-4-12-26-18)13-16-5-2-1-3-6-16/h1-12H,13-15H2. The number of halogens is 1. The third kappa shape index (κ3) is 5.21. The second kappa shape index (κ2) is 8.41. The van der Waals surface area contributed by atoms with E-state index < -0.39 is 21.5 Å². The molecule has 0 aliphatic heterocycles. The molecule has 0 aliphatic rings. The molecule has 0 bridgehead atoms. The summed E-state index contributed by atoms with van der Waals surface area (Å²) in [5, 5.41) is 0.434. The summed E-state index contributed by atoms with van der Waals surface area (Å²) < 4.78 is 30.5. The number of carbonyl (C=O) groups excluding carboxylic acids is 1. The summed E-state index contributed by atoms with van der Waals surface area (Å²) in [6.07, 6.45) is 1.52. The highest BCUT2D eigenvalue weighted by molar-refractivity contribution is 7.92. The second-order valence-electron chi connectivity index (χ2n) is 6.03. The average Bonchev–Trinajstić information content (AvgIpc) is 3.15. The van der Waals surface area contributed by atoms with Crippen LogP contribution in [0.5, 0.6) is 0 Å². The molecule has 0 spiro atoms. The number of nitrogens with zero attached hydrogens (tertiary/aromatic N) is 1. The molecule has 0 saturated carbocycles. The maximum Gasteiger partial charge on any atom is 0.238 e. The largest absolute Gasteiger partial charge is 0.467 e. The van der Waals surface area contributed by atoms with Gasteiger partial charge in [-0.15, -0.1) is 0 Å². The summed E-state index contributed by atoms with van der Waals surface area (Å²) >= 11 is 5.81. The molecule has 3 rings (SSSR count). The van der Waals surface area contributed by atoms with Gasteiger partial charge in [0.05, 0.1) is 17.7 Å². The van der Waals surface area contributed by atoms with Gasteiger partial charge < -0.3 is 9.32 Å². The first-order chi connectivity index (χ1) is 12.9. The number of hydrogen-bond acceptors (Lipinski definition) is 4. The van der Waals surface area contributed by atoms with Crippen molar-refractivity contribution in [2.45, 2.75) is 18.0 Å². The molecule has 5 nitrogen and oxygen atoms in total. The molecule has 0 N–H and O–H groups in total. The molecule has 3 aromatic rings. The number of hydrogen-bond donors (Lipinski definition) is 0. The minimum Gasteiger partial charge on any atom is -0.467 e. The van der Waals surface area contributed by atoms with Crippen molar-refractivity contribution >= 4 is 27.3 Å². The number of benzene rings is 2. The Morgan fingerprint density at radius 2 is 1.63 bits per heavy atom. The van der Waals surface area contributed by atoms with Crippen LogP contribution in [0, 0.1) is 0 Å². The van der Waals surface area contributed by atoms with Crippen LogP contribution in [-0.4, -0.2) is 25.0 Å². The molecule has 0 radical (unpaired) electrons. The Balaban J connectivity index is 1.80. The molecule has 0 atom stereocenters. The van der Waals surface area contributed by atoms with E-state index in [0.717, 1.165) is 5.56 Å². The highest BCUT2D eigenvalue weighted by Crippen LogP contribution is 2.17. The van der Waals surface area contributed by atoms with E-state index >= 15 is 0 Å². The molecule has 0 unspecified atom stereocenters. The first-order valence-corrected chi connectivity index (χ1v) is 10.3. The molecule has 0 saturated heterocycles. The molecule has 1 amide bonds. The van der Waals surface area contributed by atoms with Crippen LogP contribution >= 0.6 is 11.6 Å². The fourth-order valence-corrected chi connectivity index (χ4v) is 3.96. The van der Waals surface area contributed by atoms with E-state index in [2.05, 4.69) is 0 Å². The van der Waals surface area contributed by atoms with Crippen LogP contribution in [-0.2, 0) is 27.7 Å². The molecule has 0 aliphatic carbocycles. The van der Waals surface area contributed by atoms with E-state index in [9.17, 15) is 13.2 Å². The van der Waals surface area contributed by atoms with Crippen molar-refractivity contribution in [1.82, 2.24) is 4.90 Å². The quantitative estimate of drug-likeness (QED) is 0.599. The maximum absolute atomic E-state index is 12.8. The summed E-state index contributed by atoms with van der Waals surface area (Å²) in [6, 6.07) is 18.7. The molecule has 7 heteroatoms. The summed E-state index contributed by atoms with van der Waals surface area (Å²) in [5.74, 6) is -0.532. The minimum atomic E-state index is -3.77. The number of furan rings is 1. The third-order valence-corrected chi connectivity index (χ3v) is 5.85. The fraction of sp³-hybridized carbons (Fsp3) is 0.150. The summed E-state index contributed by atoms with van der Waals surface area (Å²) in [7, 11) is -3.77. The van der Waals surface area contributed by atoms with Gasteiger partial charge in [-0.25, -0.2) is 8.42 Å². The van der Waals surface area contributed by atoms with Crippen molar-refractivity contribution in [2.75, 3.05) is 5.75 Å². The van der Waals surface area contributed by atoms with E-state index in [1.807, 2.05) is 30.3 Å². The second-order valence-corrected chi connectivity index (χ2v) is 8.45. The van der Waals surface area contributed by atoms with Crippen LogP contribution in [0.15, 0.2) is 82.3 Å². The van der Waals surface area contributed by atoms with Crippen LogP contribution in [0.2, 0.25) is 5.02 Å². The highest BCUT2D eigenvalue weighted by atomic mass is 35.5. The van der Waals surface area contributed by atoms with Crippen LogP contribution < -0.4 is 0 Å². The summed E-state index contributed by atoms with van der Waals surface area (Å²) in [4.78, 5) is 14.4. The lowest BCUT2D eigenvalue weighted by atomic mass is 10.2. The van der Waals surface area contributed by atoms with Crippen molar-refractivity contribution in [1.29, 1.82) is 0 Å². The predicted octanol–water partition coefficient (Wildman–Crippen LogP) is 3.94. The zero-order chi connectivity index (χ0) is 19.3. The van der Waals surface area contributed by atoms with Crippen LogP contribution in [0.4, 0.5) is 0 Å². The van der Waals surface area contributed by atoms with Gasteiger partial charge in [0.15, 0.2) is 9.84 Å². The van der Waals surface area contributed by atoms with Crippen LogP contribution in [0.3, 0.4) is 0 Å². The molecule has 1 aromatic heterocycles. The molecular formula is C20H18ClNO4S. The van der Waals surface area contributed by atoms with E-state index in [1.54, 1.807) is 12.1 Å². The molecule has 27 heavy (non-hydrogen) atoms. The Morgan fingerprint density at radius 1 is 0.926 bits per heavy atom. The molecule has 140 valence electrons. The van der Waals surface area contributed by atoms with Gasteiger partial charge in [0.25, 0.3) is 0 Å². The average molecular weight is 404 g/mol. The maximum atomic E-state index is 12.8. The molecule has 2 aromatic carbocycles. The minimum absolute atomic E-state index is 0.0675. The lowest BCUT2D eigenvalue weighted by molar-refractivity contribution is -0.129. The van der Waals surface area contributed by atoms with Gasteiger partial charge in [-0.3, -0.25) is 4.79 Å². The van der Waals surface area contributed by atoms with E-state index in [1.165, 1.54) is 35.4 Å². The summed E-state index contributed by atoms with van der Waals surface area (Å²) in [5.41, 5.74) is 0.904. The lowest BCUT2D eigenvalue weighted by Crippen LogP contribution is -2.34. The van der Waals surface area contributed by atoms with Crippen molar-refractivity contribution in [3.8, 4) is 0 Å². The van der Waals surface area contributed by atoms with Gasteiger partial charge in [-0.2, -0.15) is 0 Å². The van der Waals surface area contributed by atoms with Gasteiger partial charge in [-0.1, -0.05) is 41.9 Å². The van der Waals surface area contributed by atoms with Gasteiger partial charge in [0, 0.05) is 11.6 Å². The number of amides is 1. The number of carbonyl (C=O) groups is 1. The topological polar surface area (TPSA) is 67.6 Å². The van der Waals surface area contributed by atoms with E-state index in [-0.39, 0.29) is 18.0 Å². The smallest absolute Gasteiger partial charge is 0.238 e.